The van der Waals surface area contributed by atoms with E-state index < -0.39 is 0 Å². The fourth-order valence-electron chi connectivity index (χ4n) is 2.32. The Kier molecular flexibility index (Phi) is 2.27. The van der Waals surface area contributed by atoms with Gasteiger partial charge in [-0.15, -0.1) is 0 Å². The number of rotatable bonds is 1. The van der Waals surface area contributed by atoms with E-state index in [1.165, 1.54) is 25.3 Å². The summed E-state index contributed by atoms with van der Waals surface area (Å²) in [6.07, 6.45) is 5.27. The van der Waals surface area contributed by atoms with Gasteiger partial charge in [-0.2, -0.15) is 0 Å². The van der Waals surface area contributed by atoms with Crippen molar-refractivity contribution in [1.82, 2.24) is 5.16 Å². The first-order valence-corrected chi connectivity index (χ1v) is 5.63. The van der Waals surface area contributed by atoms with Crippen LogP contribution in [0.15, 0.2) is 22.9 Å². The van der Waals surface area contributed by atoms with Crippen LogP contribution in [-0.2, 0) is 0 Å². The highest BCUT2D eigenvalue weighted by atomic mass is 19.1. The van der Waals surface area contributed by atoms with Gasteiger partial charge in [-0.3, -0.25) is 0 Å². The zero-order valence-electron chi connectivity index (χ0n) is 8.95. The lowest BCUT2D eigenvalue weighted by atomic mass is 10.1. The van der Waals surface area contributed by atoms with Crippen molar-refractivity contribution in [3.8, 4) is 0 Å². The molecule has 0 amide bonds. The molecule has 0 saturated carbocycles. The van der Waals surface area contributed by atoms with E-state index >= 15 is 0 Å². The molecule has 1 aromatic heterocycles. The highest BCUT2D eigenvalue weighted by molar-refractivity contribution is 5.90. The molecule has 84 valence electrons. The number of piperidine rings is 1. The van der Waals surface area contributed by atoms with Crippen LogP contribution in [0.25, 0.3) is 11.0 Å². The molecule has 1 aliphatic rings. The standard InChI is InChI=1S/C12H13FN2O/c13-9-6-11(15-4-2-1-3-5-15)10-8-14-16-12(10)7-9/h6-8H,1-5H2. The Morgan fingerprint density at radius 1 is 1.19 bits per heavy atom. The van der Waals surface area contributed by atoms with E-state index in [0.717, 1.165) is 24.2 Å². The van der Waals surface area contributed by atoms with Gasteiger partial charge in [0.05, 0.1) is 17.3 Å². The number of halogens is 1. The van der Waals surface area contributed by atoms with Gasteiger partial charge in [0.25, 0.3) is 0 Å². The lowest BCUT2D eigenvalue weighted by Crippen LogP contribution is -2.29. The Hall–Kier alpha value is -1.58. The summed E-state index contributed by atoms with van der Waals surface area (Å²) in [5, 5.41) is 4.64. The van der Waals surface area contributed by atoms with Crippen LogP contribution in [0.5, 0.6) is 0 Å². The molecule has 16 heavy (non-hydrogen) atoms. The number of fused-ring (bicyclic) bond motifs is 1. The van der Waals surface area contributed by atoms with Crippen molar-refractivity contribution in [2.75, 3.05) is 18.0 Å². The molecule has 0 spiro atoms. The lowest BCUT2D eigenvalue weighted by molar-refractivity contribution is 0.454. The zero-order valence-corrected chi connectivity index (χ0v) is 8.95. The maximum Gasteiger partial charge on any atom is 0.171 e. The van der Waals surface area contributed by atoms with Crippen molar-refractivity contribution in [2.24, 2.45) is 0 Å². The van der Waals surface area contributed by atoms with Gasteiger partial charge in [0.15, 0.2) is 5.58 Å². The molecule has 3 rings (SSSR count). The van der Waals surface area contributed by atoms with Gasteiger partial charge in [0, 0.05) is 19.2 Å². The van der Waals surface area contributed by atoms with Gasteiger partial charge in [-0.1, -0.05) is 5.16 Å². The van der Waals surface area contributed by atoms with E-state index in [-0.39, 0.29) is 5.82 Å². The van der Waals surface area contributed by atoms with E-state index in [0.29, 0.717) is 5.58 Å². The van der Waals surface area contributed by atoms with Crippen LogP contribution in [0.2, 0.25) is 0 Å². The Balaban J connectivity index is 2.09. The second kappa shape index (κ2) is 3.77. The van der Waals surface area contributed by atoms with Crippen LogP contribution >= 0.6 is 0 Å². The van der Waals surface area contributed by atoms with Crippen molar-refractivity contribution in [3.63, 3.8) is 0 Å². The molecule has 0 bridgehead atoms. The highest BCUT2D eigenvalue weighted by Gasteiger charge is 2.16. The second-order valence-corrected chi connectivity index (χ2v) is 4.21. The molecule has 1 saturated heterocycles. The van der Waals surface area contributed by atoms with Gasteiger partial charge in [-0.05, 0) is 25.3 Å². The third kappa shape index (κ3) is 1.54. The third-order valence-electron chi connectivity index (χ3n) is 3.11. The lowest BCUT2D eigenvalue weighted by Gasteiger charge is -2.29. The van der Waals surface area contributed by atoms with Crippen LogP contribution < -0.4 is 4.90 Å². The molecular weight excluding hydrogens is 207 g/mol. The van der Waals surface area contributed by atoms with E-state index in [9.17, 15) is 4.39 Å². The number of hydrogen-bond donors (Lipinski definition) is 0. The van der Waals surface area contributed by atoms with Crippen LogP contribution in [0.3, 0.4) is 0 Å². The molecule has 0 unspecified atom stereocenters. The minimum Gasteiger partial charge on any atom is -0.371 e. The first-order valence-electron chi connectivity index (χ1n) is 5.63. The zero-order chi connectivity index (χ0) is 11.0. The SMILES string of the molecule is Fc1cc(N2CCCCC2)c2cnoc2c1. The van der Waals surface area contributed by atoms with Gasteiger partial charge >= 0.3 is 0 Å². The summed E-state index contributed by atoms with van der Waals surface area (Å²) < 4.78 is 18.4. The quantitative estimate of drug-likeness (QED) is 0.740. The van der Waals surface area contributed by atoms with E-state index in [2.05, 4.69) is 10.1 Å². The van der Waals surface area contributed by atoms with Crippen LogP contribution in [0.1, 0.15) is 19.3 Å². The molecule has 0 radical (unpaired) electrons. The summed E-state index contributed by atoms with van der Waals surface area (Å²) in [4.78, 5) is 2.21. The molecule has 0 aliphatic carbocycles. The summed E-state index contributed by atoms with van der Waals surface area (Å²) >= 11 is 0. The van der Waals surface area contributed by atoms with Crippen molar-refractivity contribution < 1.29 is 8.91 Å². The Labute approximate surface area is 92.8 Å². The molecule has 1 fully saturated rings. The van der Waals surface area contributed by atoms with E-state index in [1.54, 1.807) is 12.3 Å². The molecule has 2 heterocycles. The molecule has 1 aliphatic heterocycles. The topological polar surface area (TPSA) is 29.3 Å². The summed E-state index contributed by atoms with van der Waals surface area (Å²) in [5.74, 6) is -0.259. The summed E-state index contributed by atoms with van der Waals surface area (Å²) in [5.41, 5.74) is 1.44. The van der Waals surface area contributed by atoms with Crippen molar-refractivity contribution in [1.29, 1.82) is 0 Å². The van der Waals surface area contributed by atoms with Crippen molar-refractivity contribution >= 4 is 16.7 Å². The van der Waals surface area contributed by atoms with E-state index in [4.69, 9.17) is 4.52 Å². The van der Waals surface area contributed by atoms with Crippen LogP contribution in [0.4, 0.5) is 10.1 Å². The second-order valence-electron chi connectivity index (χ2n) is 4.21. The molecule has 4 heteroatoms. The first kappa shape index (κ1) is 9.63. The number of hydrogen-bond acceptors (Lipinski definition) is 3. The van der Waals surface area contributed by atoms with Crippen molar-refractivity contribution in [3.05, 3.63) is 24.1 Å². The monoisotopic (exact) mass is 220 g/mol. The average Bonchev–Trinajstić information content (AvgIpc) is 2.77. The number of anilines is 1. The van der Waals surface area contributed by atoms with Gasteiger partial charge in [0.1, 0.15) is 5.82 Å². The normalized spacial score (nSPS) is 16.9. The predicted molar refractivity (Wildman–Crippen MR) is 60.0 cm³/mol. The molecular formula is C12H13FN2O. The average molecular weight is 220 g/mol. The maximum absolute atomic E-state index is 13.4. The van der Waals surface area contributed by atoms with Crippen molar-refractivity contribution in [2.45, 2.75) is 19.3 Å². The number of nitrogens with zero attached hydrogens (tertiary/aromatic N) is 2. The summed E-state index contributed by atoms with van der Waals surface area (Å²) in [6, 6.07) is 2.96. The molecule has 0 atom stereocenters. The summed E-state index contributed by atoms with van der Waals surface area (Å²) in [7, 11) is 0. The Morgan fingerprint density at radius 3 is 2.81 bits per heavy atom. The Morgan fingerprint density at radius 2 is 2.00 bits per heavy atom. The van der Waals surface area contributed by atoms with Crippen LogP contribution in [-0.4, -0.2) is 18.2 Å². The summed E-state index contributed by atoms with van der Waals surface area (Å²) in [6.45, 7) is 1.98. The number of benzene rings is 1. The highest BCUT2D eigenvalue weighted by Crippen LogP contribution is 2.29. The molecule has 0 N–H and O–H groups in total. The first-order chi connectivity index (χ1) is 7.84. The molecule has 1 aromatic carbocycles. The van der Waals surface area contributed by atoms with E-state index in [1.807, 2.05) is 0 Å². The van der Waals surface area contributed by atoms with Gasteiger partial charge in [-0.25, -0.2) is 4.39 Å². The number of aromatic nitrogens is 1. The van der Waals surface area contributed by atoms with Crippen LogP contribution in [0, 0.1) is 5.82 Å². The third-order valence-corrected chi connectivity index (χ3v) is 3.11. The largest absolute Gasteiger partial charge is 0.371 e. The van der Waals surface area contributed by atoms with Gasteiger partial charge in [0.2, 0.25) is 0 Å². The fraction of sp³-hybridized carbons (Fsp3) is 0.417. The maximum atomic E-state index is 13.4. The van der Waals surface area contributed by atoms with Gasteiger partial charge < -0.3 is 9.42 Å². The Bertz CT molecular complexity index is 503. The minimum absolute atomic E-state index is 0.259. The fourth-order valence-corrected chi connectivity index (χ4v) is 2.32. The molecule has 2 aromatic rings. The molecule has 3 nitrogen and oxygen atoms in total. The minimum atomic E-state index is -0.259. The smallest absolute Gasteiger partial charge is 0.171 e. The predicted octanol–water partition coefficient (Wildman–Crippen LogP) is 2.96.